The molecule has 1 saturated carbocycles. The van der Waals surface area contributed by atoms with E-state index < -0.39 is 0 Å². The molecule has 94 valence electrons. The lowest BCUT2D eigenvalue weighted by atomic mass is 9.87. The molecule has 5 nitrogen and oxygen atoms in total. The Balaban J connectivity index is 1.78. The second kappa shape index (κ2) is 4.87. The molecule has 3 N–H and O–H groups in total. The van der Waals surface area contributed by atoms with Crippen LogP contribution in [0.25, 0.3) is 0 Å². The molecule has 17 heavy (non-hydrogen) atoms. The number of nitrogens with two attached hydrogens (primary N) is 1. The van der Waals surface area contributed by atoms with Gasteiger partial charge in [-0.15, -0.1) is 0 Å². The van der Waals surface area contributed by atoms with E-state index >= 15 is 0 Å². The minimum absolute atomic E-state index is 0.0567. The molecule has 0 bridgehead atoms. The fourth-order valence-electron chi connectivity index (χ4n) is 2.40. The summed E-state index contributed by atoms with van der Waals surface area (Å²) in [6, 6.07) is 0.476. The highest BCUT2D eigenvalue weighted by atomic mass is 16.2. The predicted molar refractivity (Wildman–Crippen MR) is 64.0 cm³/mol. The van der Waals surface area contributed by atoms with Crippen LogP contribution in [0.15, 0.2) is 12.7 Å². The van der Waals surface area contributed by atoms with Gasteiger partial charge in [0.1, 0.15) is 0 Å². The van der Waals surface area contributed by atoms with E-state index in [4.69, 9.17) is 5.73 Å². The van der Waals surface area contributed by atoms with Crippen molar-refractivity contribution in [2.45, 2.75) is 31.3 Å². The number of likely N-dealkylation sites (tertiary alicyclic amines) is 1. The third-order valence-electron chi connectivity index (χ3n) is 3.57. The number of carbonyl (C=O) groups excluding carboxylic acids is 2. The number of hydrogen-bond donors (Lipinski definition) is 2. The van der Waals surface area contributed by atoms with Gasteiger partial charge in [0, 0.05) is 25.2 Å². The van der Waals surface area contributed by atoms with Gasteiger partial charge in [0.05, 0.1) is 5.92 Å². The summed E-state index contributed by atoms with van der Waals surface area (Å²) in [4.78, 5) is 24.9. The molecule has 5 heteroatoms. The molecule has 0 aromatic carbocycles. The minimum Gasteiger partial charge on any atom is -0.353 e. The van der Waals surface area contributed by atoms with Crippen LogP contribution in [-0.4, -0.2) is 41.9 Å². The van der Waals surface area contributed by atoms with Gasteiger partial charge >= 0.3 is 0 Å². The minimum atomic E-state index is -0.0917. The molecule has 1 aliphatic heterocycles. The van der Waals surface area contributed by atoms with Gasteiger partial charge in [0.15, 0.2) is 0 Å². The number of nitrogens with one attached hydrogen (secondary N) is 1. The maximum absolute atomic E-state index is 11.9. The maximum atomic E-state index is 11.9. The van der Waals surface area contributed by atoms with Crippen molar-refractivity contribution in [2.24, 2.45) is 11.7 Å². The standard InChI is InChI=1S/C12H19N3O2/c1-2-11(16)15-4-3-8(7-15)12(17)14-10-5-9(13)6-10/h2,8-10H,1,3-7,13H2,(H,14,17). The molecule has 2 fully saturated rings. The summed E-state index contributed by atoms with van der Waals surface area (Å²) in [5.74, 6) is -0.108. The van der Waals surface area contributed by atoms with Gasteiger partial charge in [-0.25, -0.2) is 0 Å². The summed E-state index contributed by atoms with van der Waals surface area (Å²) >= 11 is 0. The van der Waals surface area contributed by atoms with Gasteiger partial charge in [-0.2, -0.15) is 0 Å². The van der Waals surface area contributed by atoms with E-state index in [0.717, 1.165) is 19.3 Å². The predicted octanol–water partition coefficient (Wildman–Crippen LogP) is -0.373. The Hall–Kier alpha value is -1.36. The smallest absolute Gasteiger partial charge is 0.245 e. The molecule has 0 spiro atoms. The van der Waals surface area contributed by atoms with Crippen LogP contribution in [0.4, 0.5) is 0 Å². The third kappa shape index (κ3) is 2.66. The van der Waals surface area contributed by atoms with Gasteiger partial charge in [-0.3, -0.25) is 9.59 Å². The second-order valence-corrected chi connectivity index (χ2v) is 4.91. The molecule has 1 saturated heterocycles. The fraction of sp³-hybridized carbons (Fsp3) is 0.667. The number of carbonyl (C=O) groups is 2. The summed E-state index contributed by atoms with van der Waals surface area (Å²) in [7, 11) is 0. The Labute approximate surface area is 101 Å². The van der Waals surface area contributed by atoms with Crippen molar-refractivity contribution in [3.05, 3.63) is 12.7 Å². The Morgan fingerprint density at radius 3 is 2.71 bits per heavy atom. The van der Waals surface area contributed by atoms with E-state index in [-0.39, 0.29) is 29.8 Å². The van der Waals surface area contributed by atoms with Crippen LogP contribution in [0.2, 0.25) is 0 Å². The van der Waals surface area contributed by atoms with Crippen molar-refractivity contribution in [1.29, 1.82) is 0 Å². The SMILES string of the molecule is C=CC(=O)N1CCC(C(=O)NC2CC(N)C2)C1. The highest BCUT2D eigenvalue weighted by molar-refractivity contribution is 5.88. The molecular weight excluding hydrogens is 218 g/mol. The van der Waals surface area contributed by atoms with Gasteiger partial charge in [0.2, 0.25) is 11.8 Å². The quantitative estimate of drug-likeness (QED) is 0.657. The molecule has 0 aromatic heterocycles. The third-order valence-corrected chi connectivity index (χ3v) is 3.57. The Morgan fingerprint density at radius 2 is 2.12 bits per heavy atom. The van der Waals surface area contributed by atoms with Crippen molar-refractivity contribution in [1.82, 2.24) is 10.2 Å². The van der Waals surface area contributed by atoms with Crippen LogP contribution < -0.4 is 11.1 Å². The van der Waals surface area contributed by atoms with Crippen molar-refractivity contribution in [3.63, 3.8) is 0 Å². The molecule has 1 unspecified atom stereocenters. The Morgan fingerprint density at radius 1 is 1.41 bits per heavy atom. The molecule has 2 amide bonds. The summed E-state index contributed by atoms with van der Waals surface area (Å²) in [5.41, 5.74) is 5.66. The van der Waals surface area contributed by atoms with Gasteiger partial charge in [-0.1, -0.05) is 6.58 Å². The first kappa shape index (κ1) is 12.1. The van der Waals surface area contributed by atoms with Crippen LogP contribution in [-0.2, 0) is 9.59 Å². The van der Waals surface area contributed by atoms with Crippen LogP contribution in [0.1, 0.15) is 19.3 Å². The van der Waals surface area contributed by atoms with Crippen LogP contribution in [0.5, 0.6) is 0 Å². The number of amides is 2. The molecule has 1 atom stereocenters. The molecule has 0 radical (unpaired) electrons. The van der Waals surface area contributed by atoms with E-state index in [0.29, 0.717) is 13.1 Å². The van der Waals surface area contributed by atoms with Crippen molar-refractivity contribution in [2.75, 3.05) is 13.1 Å². The topological polar surface area (TPSA) is 75.4 Å². The number of hydrogen-bond acceptors (Lipinski definition) is 3. The average molecular weight is 237 g/mol. The van der Waals surface area contributed by atoms with E-state index in [9.17, 15) is 9.59 Å². The van der Waals surface area contributed by atoms with E-state index in [1.54, 1.807) is 4.90 Å². The molecular formula is C12H19N3O2. The first-order valence-corrected chi connectivity index (χ1v) is 6.07. The zero-order valence-corrected chi connectivity index (χ0v) is 9.89. The Kier molecular flexibility index (Phi) is 3.47. The largest absolute Gasteiger partial charge is 0.353 e. The van der Waals surface area contributed by atoms with Crippen LogP contribution in [0.3, 0.4) is 0 Å². The number of nitrogens with zero attached hydrogens (tertiary/aromatic N) is 1. The summed E-state index contributed by atoms with van der Waals surface area (Å²) in [6.45, 7) is 4.60. The van der Waals surface area contributed by atoms with Crippen molar-refractivity contribution in [3.8, 4) is 0 Å². The van der Waals surface area contributed by atoms with Crippen molar-refractivity contribution >= 4 is 11.8 Å². The van der Waals surface area contributed by atoms with Crippen LogP contribution >= 0.6 is 0 Å². The van der Waals surface area contributed by atoms with Gasteiger partial charge < -0.3 is 16.0 Å². The van der Waals surface area contributed by atoms with Gasteiger partial charge in [-0.05, 0) is 25.3 Å². The summed E-state index contributed by atoms with van der Waals surface area (Å²) < 4.78 is 0. The molecule has 2 rings (SSSR count). The second-order valence-electron chi connectivity index (χ2n) is 4.91. The average Bonchev–Trinajstić information content (AvgIpc) is 2.75. The zero-order chi connectivity index (χ0) is 12.4. The lowest BCUT2D eigenvalue weighted by molar-refractivity contribution is -0.127. The lowest BCUT2D eigenvalue weighted by Gasteiger charge is -2.33. The van der Waals surface area contributed by atoms with Crippen molar-refractivity contribution < 1.29 is 9.59 Å². The highest BCUT2D eigenvalue weighted by Gasteiger charge is 2.33. The summed E-state index contributed by atoms with van der Waals surface area (Å²) in [6.07, 6.45) is 3.77. The summed E-state index contributed by atoms with van der Waals surface area (Å²) in [5, 5.41) is 2.98. The Bertz CT molecular complexity index is 337. The monoisotopic (exact) mass is 237 g/mol. The molecule has 2 aliphatic rings. The molecule has 1 aliphatic carbocycles. The first-order chi connectivity index (χ1) is 8.10. The fourth-order valence-corrected chi connectivity index (χ4v) is 2.40. The van der Waals surface area contributed by atoms with E-state index in [2.05, 4.69) is 11.9 Å². The molecule has 0 aromatic rings. The van der Waals surface area contributed by atoms with E-state index in [1.807, 2.05) is 0 Å². The van der Waals surface area contributed by atoms with Gasteiger partial charge in [0.25, 0.3) is 0 Å². The zero-order valence-electron chi connectivity index (χ0n) is 9.89. The normalized spacial score (nSPS) is 31.8. The maximum Gasteiger partial charge on any atom is 0.245 e. The van der Waals surface area contributed by atoms with E-state index in [1.165, 1.54) is 6.08 Å². The first-order valence-electron chi connectivity index (χ1n) is 6.07. The molecule has 1 heterocycles. The number of rotatable bonds is 3. The van der Waals surface area contributed by atoms with Crippen LogP contribution in [0, 0.1) is 5.92 Å². The lowest BCUT2D eigenvalue weighted by Crippen LogP contribution is -2.51. The highest BCUT2D eigenvalue weighted by Crippen LogP contribution is 2.21.